The molecule has 0 saturated carbocycles. The van der Waals surface area contributed by atoms with Crippen molar-refractivity contribution in [2.24, 2.45) is 0 Å². The maximum atomic E-state index is 13.1. The van der Waals surface area contributed by atoms with Gasteiger partial charge in [-0.2, -0.15) is 0 Å². The molecule has 23 heavy (non-hydrogen) atoms. The quantitative estimate of drug-likeness (QED) is 0.806. The minimum atomic E-state index is -0.633. The SMILES string of the molecule is O=C(NCCc1cc(F)cc(F)c1)c1cnc2ccccc2n1. The van der Waals surface area contributed by atoms with Gasteiger partial charge < -0.3 is 5.32 Å². The molecule has 1 aromatic heterocycles. The Labute approximate surface area is 131 Å². The summed E-state index contributed by atoms with van der Waals surface area (Å²) in [5, 5.41) is 2.66. The van der Waals surface area contributed by atoms with Gasteiger partial charge in [-0.15, -0.1) is 0 Å². The number of rotatable bonds is 4. The van der Waals surface area contributed by atoms with Crippen LogP contribution in [0.2, 0.25) is 0 Å². The fourth-order valence-corrected chi connectivity index (χ4v) is 2.23. The molecule has 6 heteroatoms. The van der Waals surface area contributed by atoms with Crippen LogP contribution in [0.4, 0.5) is 8.78 Å². The van der Waals surface area contributed by atoms with Crippen LogP contribution in [0.5, 0.6) is 0 Å². The van der Waals surface area contributed by atoms with Gasteiger partial charge in [0.15, 0.2) is 0 Å². The van der Waals surface area contributed by atoms with Gasteiger partial charge in [-0.3, -0.25) is 9.78 Å². The second kappa shape index (κ2) is 6.48. The van der Waals surface area contributed by atoms with Gasteiger partial charge in [0, 0.05) is 12.6 Å². The Bertz CT molecular complexity index is 847. The number of hydrogen-bond acceptors (Lipinski definition) is 3. The maximum Gasteiger partial charge on any atom is 0.271 e. The third-order valence-corrected chi connectivity index (χ3v) is 3.30. The molecule has 0 radical (unpaired) electrons. The number of aromatic nitrogens is 2. The molecule has 0 unspecified atom stereocenters. The van der Waals surface area contributed by atoms with Gasteiger partial charge in [-0.25, -0.2) is 13.8 Å². The van der Waals surface area contributed by atoms with Crippen molar-refractivity contribution >= 4 is 16.9 Å². The predicted octanol–water partition coefficient (Wildman–Crippen LogP) is 2.88. The largest absolute Gasteiger partial charge is 0.350 e. The number of benzene rings is 2. The summed E-state index contributed by atoms with van der Waals surface area (Å²) in [6, 6.07) is 10.5. The first-order valence-corrected chi connectivity index (χ1v) is 7.07. The van der Waals surface area contributed by atoms with Gasteiger partial charge >= 0.3 is 0 Å². The summed E-state index contributed by atoms with van der Waals surface area (Å²) in [5.41, 5.74) is 2.02. The molecule has 0 bridgehead atoms. The highest BCUT2D eigenvalue weighted by atomic mass is 19.1. The van der Waals surface area contributed by atoms with Gasteiger partial charge in [0.05, 0.1) is 17.2 Å². The molecule has 1 heterocycles. The zero-order chi connectivity index (χ0) is 16.2. The second-order valence-electron chi connectivity index (χ2n) is 5.03. The average Bonchev–Trinajstić information content (AvgIpc) is 2.53. The van der Waals surface area contributed by atoms with E-state index in [0.717, 1.165) is 6.07 Å². The molecule has 116 valence electrons. The highest BCUT2D eigenvalue weighted by Gasteiger charge is 2.09. The fraction of sp³-hybridized carbons (Fsp3) is 0.118. The van der Waals surface area contributed by atoms with E-state index in [1.165, 1.54) is 18.3 Å². The van der Waals surface area contributed by atoms with Gasteiger partial charge in [0.1, 0.15) is 17.3 Å². The van der Waals surface area contributed by atoms with Crippen LogP contribution in [-0.2, 0) is 6.42 Å². The molecule has 0 aliphatic rings. The molecule has 1 amide bonds. The second-order valence-corrected chi connectivity index (χ2v) is 5.03. The van der Waals surface area contributed by atoms with Crippen LogP contribution < -0.4 is 5.32 Å². The molecular weight excluding hydrogens is 300 g/mol. The molecule has 0 saturated heterocycles. The van der Waals surface area contributed by atoms with Gasteiger partial charge in [-0.1, -0.05) is 12.1 Å². The van der Waals surface area contributed by atoms with E-state index in [0.29, 0.717) is 23.0 Å². The van der Waals surface area contributed by atoms with Gasteiger partial charge in [0.25, 0.3) is 5.91 Å². The van der Waals surface area contributed by atoms with Crippen LogP contribution >= 0.6 is 0 Å². The smallest absolute Gasteiger partial charge is 0.271 e. The van der Waals surface area contributed by atoms with Crippen molar-refractivity contribution < 1.29 is 13.6 Å². The maximum absolute atomic E-state index is 13.1. The lowest BCUT2D eigenvalue weighted by atomic mass is 10.1. The van der Waals surface area contributed by atoms with Crippen LogP contribution in [0.1, 0.15) is 16.1 Å². The highest BCUT2D eigenvalue weighted by Crippen LogP contribution is 2.09. The normalized spacial score (nSPS) is 10.7. The molecule has 0 fully saturated rings. The Morgan fingerprint density at radius 2 is 1.74 bits per heavy atom. The number of amides is 1. The van der Waals surface area contributed by atoms with Crippen LogP contribution in [0, 0.1) is 11.6 Å². The number of halogens is 2. The Hall–Kier alpha value is -2.89. The molecule has 3 aromatic rings. The molecule has 0 atom stereocenters. The molecule has 1 N–H and O–H groups in total. The summed E-state index contributed by atoms with van der Waals surface area (Å²) in [6.07, 6.45) is 1.72. The Morgan fingerprint density at radius 3 is 2.48 bits per heavy atom. The summed E-state index contributed by atoms with van der Waals surface area (Å²) in [4.78, 5) is 20.5. The van der Waals surface area contributed by atoms with E-state index >= 15 is 0 Å². The first kappa shape index (κ1) is 15.0. The van der Waals surface area contributed by atoms with E-state index in [2.05, 4.69) is 15.3 Å². The van der Waals surface area contributed by atoms with Crippen molar-refractivity contribution in [3.8, 4) is 0 Å². The summed E-state index contributed by atoms with van der Waals surface area (Å²) >= 11 is 0. The average molecular weight is 313 g/mol. The Kier molecular flexibility index (Phi) is 4.23. The fourth-order valence-electron chi connectivity index (χ4n) is 2.23. The lowest BCUT2D eigenvalue weighted by molar-refractivity contribution is 0.0949. The number of carbonyl (C=O) groups excluding carboxylic acids is 1. The van der Waals surface area contributed by atoms with E-state index in [4.69, 9.17) is 0 Å². The van der Waals surface area contributed by atoms with Crippen molar-refractivity contribution in [1.82, 2.24) is 15.3 Å². The van der Waals surface area contributed by atoms with Crippen molar-refractivity contribution in [3.63, 3.8) is 0 Å². The van der Waals surface area contributed by atoms with E-state index in [9.17, 15) is 13.6 Å². The summed E-state index contributed by atoms with van der Waals surface area (Å²) < 4.78 is 26.2. The molecule has 3 rings (SSSR count). The predicted molar refractivity (Wildman–Crippen MR) is 81.9 cm³/mol. The van der Waals surface area contributed by atoms with Crippen molar-refractivity contribution in [2.45, 2.75) is 6.42 Å². The first-order chi connectivity index (χ1) is 11.1. The minimum absolute atomic E-state index is 0.203. The third kappa shape index (κ3) is 3.66. The van der Waals surface area contributed by atoms with E-state index in [1.807, 2.05) is 18.2 Å². The van der Waals surface area contributed by atoms with Crippen molar-refractivity contribution in [2.75, 3.05) is 6.54 Å². The van der Waals surface area contributed by atoms with E-state index < -0.39 is 11.6 Å². The Balaban J connectivity index is 1.64. The molecule has 0 aliphatic heterocycles. The Morgan fingerprint density at radius 1 is 1.04 bits per heavy atom. The summed E-state index contributed by atoms with van der Waals surface area (Å²) in [6.45, 7) is 0.246. The summed E-state index contributed by atoms with van der Waals surface area (Å²) in [7, 11) is 0. The zero-order valence-corrected chi connectivity index (χ0v) is 12.1. The minimum Gasteiger partial charge on any atom is -0.350 e. The van der Waals surface area contributed by atoms with Gasteiger partial charge in [-0.05, 0) is 36.2 Å². The van der Waals surface area contributed by atoms with Crippen LogP contribution in [-0.4, -0.2) is 22.4 Å². The number of nitrogens with zero attached hydrogens (tertiary/aromatic N) is 2. The van der Waals surface area contributed by atoms with Crippen LogP contribution in [0.15, 0.2) is 48.7 Å². The van der Waals surface area contributed by atoms with Crippen molar-refractivity contribution in [3.05, 3.63) is 71.6 Å². The zero-order valence-electron chi connectivity index (χ0n) is 12.1. The lowest BCUT2D eigenvalue weighted by Gasteiger charge is -2.06. The molecule has 0 spiro atoms. The molecule has 2 aromatic carbocycles. The van der Waals surface area contributed by atoms with Gasteiger partial charge in [0.2, 0.25) is 0 Å². The number of para-hydroxylation sites is 2. The van der Waals surface area contributed by atoms with Crippen molar-refractivity contribution in [1.29, 1.82) is 0 Å². The number of hydrogen-bond donors (Lipinski definition) is 1. The van der Waals surface area contributed by atoms with E-state index in [-0.39, 0.29) is 18.1 Å². The number of carbonyl (C=O) groups is 1. The van der Waals surface area contributed by atoms with Crippen LogP contribution in [0.25, 0.3) is 11.0 Å². The topological polar surface area (TPSA) is 54.9 Å². The number of nitrogens with one attached hydrogen (secondary N) is 1. The highest BCUT2D eigenvalue weighted by molar-refractivity contribution is 5.93. The third-order valence-electron chi connectivity index (χ3n) is 3.30. The summed E-state index contributed by atoms with van der Waals surface area (Å²) in [5.74, 6) is -1.64. The first-order valence-electron chi connectivity index (χ1n) is 7.07. The standard InChI is InChI=1S/C17H13F2N3O/c18-12-7-11(8-13(19)9-12)5-6-20-17(23)16-10-21-14-3-1-2-4-15(14)22-16/h1-4,7-10H,5-6H2,(H,20,23). The molecular formula is C17H13F2N3O. The lowest BCUT2D eigenvalue weighted by Crippen LogP contribution is -2.26. The number of fused-ring (bicyclic) bond motifs is 1. The van der Waals surface area contributed by atoms with E-state index in [1.54, 1.807) is 6.07 Å². The van der Waals surface area contributed by atoms with Crippen LogP contribution in [0.3, 0.4) is 0 Å². The molecule has 4 nitrogen and oxygen atoms in total. The molecule has 0 aliphatic carbocycles. The monoisotopic (exact) mass is 313 g/mol.